The number of rotatable bonds is 13. The van der Waals surface area contributed by atoms with Gasteiger partial charge in [-0.25, -0.2) is 4.79 Å². The summed E-state index contributed by atoms with van der Waals surface area (Å²) in [5.41, 5.74) is 10.4. The minimum atomic E-state index is -1.58. The van der Waals surface area contributed by atoms with Gasteiger partial charge in [-0.3, -0.25) is 24.0 Å². The van der Waals surface area contributed by atoms with Crippen LogP contribution >= 0.6 is 0 Å². The molecule has 0 aliphatic rings. The highest BCUT2D eigenvalue weighted by molar-refractivity contribution is 5.96. The summed E-state index contributed by atoms with van der Waals surface area (Å²) in [6.07, 6.45) is -0.829. The van der Waals surface area contributed by atoms with E-state index in [1.54, 1.807) is 13.8 Å². The van der Waals surface area contributed by atoms with Crippen LogP contribution in [0.15, 0.2) is 0 Å². The molecule has 13 heteroatoms. The van der Waals surface area contributed by atoms with Crippen LogP contribution in [-0.2, 0) is 28.8 Å². The van der Waals surface area contributed by atoms with Gasteiger partial charge in [0.2, 0.25) is 23.6 Å². The maximum atomic E-state index is 12.4. The maximum absolute atomic E-state index is 12.4. The molecular weight excluding hydrogens is 402 g/mol. The summed E-state index contributed by atoms with van der Waals surface area (Å²) >= 11 is 0. The zero-order valence-corrected chi connectivity index (χ0v) is 17.0. The molecule has 0 saturated carbocycles. The van der Waals surface area contributed by atoms with Crippen molar-refractivity contribution in [1.82, 2.24) is 16.0 Å². The second kappa shape index (κ2) is 12.4. The van der Waals surface area contributed by atoms with Crippen molar-refractivity contribution in [3.05, 3.63) is 0 Å². The fourth-order valence-corrected chi connectivity index (χ4v) is 2.31. The highest BCUT2D eigenvalue weighted by Crippen LogP contribution is 2.09. The fourth-order valence-electron chi connectivity index (χ4n) is 2.31. The van der Waals surface area contributed by atoms with E-state index < -0.39 is 78.5 Å². The number of nitrogens with one attached hydrogen (secondary N) is 3. The number of nitrogens with two attached hydrogens (primary N) is 2. The predicted octanol–water partition coefficient (Wildman–Crippen LogP) is -2.73. The maximum Gasteiger partial charge on any atom is 0.326 e. The first-order chi connectivity index (χ1) is 13.8. The minimum absolute atomic E-state index is 0.432. The van der Waals surface area contributed by atoms with E-state index in [-0.39, 0.29) is 0 Å². The van der Waals surface area contributed by atoms with E-state index in [0.717, 1.165) is 0 Å². The molecule has 13 nitrogen and oxygen atoms in total. The van der Waals surface area contributed by atoms with E-state index in [1.807, 2.05) is 0 Å². The summed E-state index contributed by atoms with van der Waals surface area (Å²) in [5, 5.41) is 24.9. The molecule has 0 fully saturated rings. The zero-order valence-electron chi connectivity index (χ0n) is 17.0. The van der Waals surface area contributed by atoms with Crippen LogP contribution < -0.4 is 27.4 Å². The van der Waals surface area contributed by atoms with Gasteiger partial charge >= 0.3 is 11.9 Å². The van der Waals surface area contributed by atoms with Gasteiger partial charge < -0.3 is 37.6 Å². The number of aliphatic carboxylic acids is 2. The number of carbonyl (C=O) groups excluding carboxylic acids is 4. The highest BCUT2D eigenvalue weighted by atomic mass is 16.4. The lowest BCUT2D eigenvalue weighted by molar-refractivity contribution is -0.144. The van der Waals surface area contributed by atoms with Crippen LogP contribution in [0.1, 0.15) is 40.0 Å². The third-order valence-electron chi connectivity index (χ3n) is 4.30. The summed E-state index contributed by atoms with van der Waals surface area (Å²) in [6, 6.07) is -5.38. The molecule has 0 bridgehead atoms. The molecule has 0 rings (SSSR count). The molecule has 0 aliphatic carbocycles. The Bertz CT molecular complexity index is 683. The molecule has 4 amide bonds. The van der Waals surface area contributed by atoms with Crippen molar-refractivity contribution in [3.8, 4) is 0 Å². The normalized spacial score (nSPS) is 15.6. The number of carbonyl (C=O) groups is 6. The molecule has 5 unspecified atom stereocenters. The molecule has 0 spiro atoms. The van der Waals surface area contributed by atoms with Gasteiger partial charge in [0, 0.05) is 0 Å². The minimum Gasteiger partial charge on any atom is -0.481 e. The fraction of sp³-hybridized carbons (Fsp3) is 0.647. The first-order valence-corrected chi connectivity index (χ1v) is 9.19. The Balaban J connectivity index is 5.18. The summed E-state index contributed by atoms with van der Waals surface area (Å²) in [5.74, 6) is -6.74. The van der Waals surface area contributed by atoms with Crippen LogP contribution in [-0.4, -0.2) is 69.9 Å². The van der Waals surface area contributed by atoms with Gasteiger partial charge in [0.05, 0.1) is 18.9 Å². The van der Waals surface area contributed by atoms with Crippen molar-refractivity contribution in [2.45, 2.75) is 64.2 Å². The SMILES string of the molecule is CCC(C)C(NC(=O)C(CC(=O)O)NC(=O)C(C)NC(=O)C(N)CC(N)=O)C(=O)O. The lowest BCUT2D eigenvalue weighted by atomic mass is 9.98. The van der Waals surface area contributed by atoms with Crippen molar-refractivity contribution >= 4 is 35.6 Å². The molecule has 0 saturated heterocycles. The van der Waals surface area contributed by atoms with Gasteiger partial charge in [0.25, 0.3) is 0 Å². The summed E-state index contributed by atoms with van der Waals surface area (Å²) in [6.45, 7) is 4.56. The Hall–Kier alpha value is -3.22. The molecule has 30 heavy (non-hydrogen) atoms. The molecule has 5 atom stereocenters. The van der Waals surface area contributed by atoms with E-state index in [2.05, 4.69) is 16.0 Å². The average molecular weight is 431 g/mol. The zero-order chi connectivity index (χ0) is 23.6. The van der Waals surface area contributed by atoms with Crippen molar-refractivity contribution in [2.75, 3.05) is 0 Å². The lowest BCUT2D eigenvalue weighted by Crippen LogP contribution is -2.57. The molecule has 9 N–H and O–H groups in total. The first-order valence-electron chi connectivity index (χ1n) is 9.19. The van der Waals surface area contributed by atoms with Crippen LogP contribution in [0.4, 0.5) is 0 Å². The van der Waals surface area contributed by atoms with E-state index in [1.165, 1.54) is 6.92 Å². The van der Waals surface area contributed by atoms with E-state index >= 15 is 0 Å². The van der Waals surface area contributed by atoms with E-state index in [4.69, 9.17) is 16.6 Å². The third-order valence-corrected chi connectivity index (χ3v) is 4.30. The van der Waals surface area contributed by atoms with Gasteiger partial charge in [-0.05, 0) is 12.8 Å². The molecule has 0 radical (unpaired) electrons. The molecule has 0 aliphatic heterocycles. The monoisotopic (exact) mass is 431 g/mol. The standard InChI is InChI=1S/C17H29N5O8/c1-4-7(2)13(17(29)30)22-16(28)10(6-12(24)25)21-14(26)8(3)20-15(27)9(18)5-11(19)23/h7-10,13H,4-6,18H2,1-3H3,(H2,19,23)(H,20,27)(H,21,26)(H,22,28)(H,24,25)(H,29,30). The molecular formula is C17H29N5O8. The van der Waals surface area contributed by atoms with Crippen molar-refractivity contribution < 1.29 is 39.0 Å². The van der Waals surface area contributed by atoms with Crippen LogP contribution in [0.2, 0.25) is 0 Å². The number of hydrogen-bond acceptors (Lipinski definition) is 7. The Kier molecular flexibility index (Phi) is 11.0. The molecule has 0 aromatic heterocycles. The molecule has 0 aromatic carbocycles. The van der Waals surface area contributed by atoms with Crippen molar-refractivity contribution in [1.29, 1.82) is 0 Å². The molecule has 170 valence electrons. The summed E-state index contributed by atoms with van der Waals surface area (Å²) < 4.78 is 0. The Morgan fingerprint density at radius 2 is 1.43 bits per heavy atom. The van der Waals surface area contributed by atoms with Gasteiger partial charge in [0.15, 0.2) is 0 Å². The molecule has 0 heterocycles. The topological polar surface area (TPSA) is 231 Å². The Labute approximate surface area is 172 Å². The van der Waals surface area contributed by atoms with Crippen molar-refractivity contribution in [3.63, 3.8) is 0 Å². The predicted molar refractivity (Wildman–Crippen MR) is 103 cm³/mol. The van der Waals surface area contributed by atoms with E-state index in [9.17, 15) is 33.9 Å². The smallest absolute Gasteiger partial charge is 0.326 e. The average Bonchev–Trinajstić information content (AvgIpc) is 2.63. The number of carboxylic acid groups (broad SMARTS) is 2. The Morgan fingerprint density at radius 1 is 0.867 bits per heavy atom. The first kappa shape index (κ1) is 26.8. The summed E-state index contributed by atoms with van der Waals surface area (Å²) in [4.78, 5) is 69.8. The van der Waals surface area contributed by atoms with Gasteiger partial charge in [0.1, 0.15) is 18.1 Å². The number of amides is 4. The second-order valence-electron chi connectivity index (χ2n) is 6.88. The second-order valence-corrected chi connectivity index (χ2v) is 6.88. The van der Waals surface area contributed by atoms with Crippen LogP contribution in [0, 0.1) is 5.92 Å². The quantitative estimate of drug-likeness (QED) is 0.160. The number of hydrogen-bond donors (Lipinski definition) is 7. The van der Waals surface area contributed by atoms with Crippen LogP contribution in [0.25, 0.3) is 0 Å². The Morgan fingerprint density at radius 3 is 1.87 bits per heavy atom. The molecule has 0 aromatic rings. The summed E-state index contributed by atoms with van der Waals surface area (Å²) in [7, 11) is 0. The number of carboxylic acids is 2. The third kappa shape index (κ3) is 9.32. The van der Waals surface area contributed by atoms with Crippen molar-refractivity contribution in [2.24, 2.45) is 17.4 Å². The van der Waals surface area contributed by atoms with Gasteiger partial charge in [-0.2, -0.15) is 0 Å². The van der Waals surface area contributed by atoms with Crippen LogP contribution in [0.5, 0.6) is 0 Å². The highest BCUT2D eigenvalue weighted by Gasteiger charge is 2.32. The largest absolute Gasteiger partial charge is 0.481 e. The number of primary amides is 1. The van der Waals surface area contributed by atoms with Crippen LogP contribution in [0.3, 0.4) is 0 Å². The van der Waals surface area contributed by atoms with Gasteiger partial charge in [-0.1, -0.05) is 20.3 Å². The van der Waals surface area contributed by atoms with Gasteiger partial charge in [-0.15, -0.1) is 0 Å². The lowest BCUT2D eigenvalue weighted by Gasteiger charge is -2.25. The van der Waals surface area contributed by atoms with E-state index in [0.29, 0.717) is 6.42 Å².